The summed E-state index contributed by atoms with van der Waals surface area (Å²) in [6, 6.07) is 0. The Hall–Kier alpha value is -0.590. The molecule has 0 radical (unpaired) electrons. The number of hydrogen-bond acceptors (Lipinski definition) is 1. The highest BCUT2D eigenvalue weighted by atomic mass is 16.1. The van der Waals surface area contributed by atoms with Crippen LogP contribution in [0.25, 0.3) is 0 Å². The maximum absolute atomic E-state index is 10.9. The molecule has 0 unspecified atom stereocenters. The molecule has 0 aromatic carbocycles. The van der Waals surface area contributed by atoms with Crippen LogP contribution in [-0.2, 0) is 4.79 Å². The third-order valence-corrected chi connectivity index (χ3v) is 1.85. The van der Waals surface area contributed by atoms with E-state index in [4.69, 9.17) is 0 Å². The van der Waals surface area contributed by atoms with Crippen LogP contribution in [0.5, 0.6) is 0 Å². The lowest BCUT2D eigenvalue weighted by molar-refractivity contribution is -0.113. The lowest BCUT2D eigenvalue weighted by Crippen LogP contribution is -1.95. The maximum atomic E-state index is 10.9. The van der Waals surface area contributed by atoms with Crippen LogP contribution >= 0.6 is 0 Å². The zero-order valence-electron chi connectivity index (χ0n) is 7.81. The molecular weight excluding hydrogens is 136 g/mol. The van der Waals surface area contributed by atoms with Crippen LogP contribution in [-0.4, -0.2) is 5.78 Å². The number of ketones is 1. The Morgan fingerprint density at radius 1 is 1.36 bits per heavy atom. The van der Waals surface area contributed by atoms with Gasteiger partial charge in [-0.15, -0.1) is 0 Å². The molecule has 0 aromatic heterocycles. The number of allylic oxidation sites excluding steroid dienone is 2. The molecule has 0 aliphatic heterocycles. The van der Waals surface area contributed by atoms with Crippen molar-refractivity contribution in [3.63, 3.8) is 0 Å². The first-order valence-electron chi connectivity index (χ1n) is 4.38. The fourth-order valence-corrected chi connectivity index (χ4v) is 1.09. The van der Waals surface area contributed by atoms with Crippen molar-refractivity contribution >= 4 is 5.78 Å². The van der Waals surface area contributed by atoms with Gasteiger partial charge in [0.05, 0.1) is 0 Å². The molecule has 0 fully saturated rings. The van der Waals surface area contributed by atoms with Crippen molar-refractivity contribution in [2.24, 2.45) is 0 Å². The van der Waals surface area contributed by atoms with E-state index in [-0.39, 0.29) is 5.78 Å². The third-order valence-electron chi connectivity index (χ3n) is 1.85. The number of hydrogen-bond donors (Lipinski definition) is 0. The Morgan fingerprint density at radius 3 is 2.36 bits per heavy atom. The molecule has 0 spiro atoms. The second-order valence-corrected chi connectivity index (χ2v) is 2.83. The molecule has 0 bridgehead atoms. The van der Waals surface area contributed by atoms with Crippen molar-refractivity contribution in [3.8, 4) is 0 Å². The highest BCUT2D eigenvalue weighted by molar-refractivity contribution is 5.93. The normalized spacial score (nSPS) is 11.7. The third kappa shape index (κ3) is 4.77. The molecule has 0 heterocycles. The molecule has 0 aromatic rings. The summed E-state index contributed by atoms with van der Waals surface area (Å²) in [4.78, 5) is 10.9. The van der Waals surface area contributed by atoms with Crippen LogP contribution in [0.1, 0.15) is 46.5 Å². The standard InChI is InChI=1S/C10H18O/c1-4-6-7-8-10(5-2)9(3)11/h5H,4,6-8H2,1-3H3/b10-5-. The molecule has 0 aliphatic carbocycles. The Bertz CT molecular complexity index is 145. The summed E-state index contributed by atoms with van der Waals surface area (Å²) < 4.78 is 0. The highest BCUT2D eigenvalue weighted by Crippen LogP contribution is 2.09. The minimum absolute atomic E-state index is 0.226. The lowest BCUT2D eigenvalue weighted by atomic mass is 10.0. The molecule has 0 atom stereocenters. The first kappa shape index (κ1) is 10.4. The van der Waals surface area contributed by atoms with Gasteiger partial charge in [-0.1, -0.05) is 25.8 Å². The van der Waals surface area contributed by atoms with E-state index in [1.807, 2.05) is 13.0 Å². The monoisotopic (exact) mass is 154 g/mol. The Balaban J connectivity index is 3.63. The SMILES string of the molecule is C/C=C(/CCCCC)C(C)=O. The molecule has 0 saturated carbocycles. The first-order valence-corrected chi connectivity index (χ1v) is 4.38. The summed E-state index contributed by atoms with van der Waals surface area (Å²) in [6.07, 6.45) is 6.48. The molecular formula is C10H18O. The highest BCUT2D eigenvalue weighted by Gasteiger charge is 2.00. The number of rotatable bonds is 5. The molecule has 0 aliphatic rings. The van der Waals surface area contributed by atoms with Gasteiger partial charge in [0.25, 0.3) is 0 Å². The van der Waals surface area contributed by atoms with Crippen molar-refractivity contribution in [3.05, 3.63) is 11.6 Å². The van der Waals surface area contributed by atoms with E-state index < -0.39 is 0 Å². The molecule has 11 heavy (non-hydrogen) atoms. The molecule has 1 heteroatoms. The number of unbranched alkanes of at least 4 members (excludes halogenated alkanes) is 2. The zero-order valence-corrected chi connectivity index (χ0v) is 7.81. The molecule has 0 amide bonds. The molecule has 1 nitrogen and oxygen atoms in total. The van der Waals surface area contributed by atoms with Crippen molar-refractivity contribution in [2.45, 2.75) is 46.5 Å². The number of carbonyl (C=O) groups is 1. The van der Waals surface area contributed by atoms with Crippen LogP contribution in [0.4, 0.5) is 0 Å². The molecule has 64 valence electrons. The van der Waals surface area contributed by atoms with E-state index in [0.717, 1.165) is 18.4 Å². The van der Waals surface area contributed by atoms with E-state index in [1.165, 1.54) is 12.8 Å². The van der Waals surface area contributed by atoms with Crippen LogP contribution in [0, 0.1) is 0 Å². The van der Waals surface area contributed by atoms with Gasteiger partial charge in [-0.05, 0) is 32.3 Å². The second-order valence-electron chi connectivity index (χ2n) is 2.83. The summed E-state index contributed by atoms with van der Waals surface area (Å²) >= 11 is 0. The molecule has 0 saturated heterocycles. The van der Waals surface area contributed by atoms with Crippen LogP contribution in [0.15, 0.2) is 11.6 Å². The Labute approximate surface area is 69.5 Å². The zero-order chi connectivity index (χ0) is 8.69. The molecule has 0 N–H and O–H groups in total. The van der Waals surface area contributed by atoms with E-state index in [9.17, 15) is 4.79 Å². The summed E-state index contributed by atoms with van der Waals surface area (Å²) in [7, 11) is 0. The van der Waals surface area contributed by atoms with Gasteiger partial charge in [0.1, 0.15) is 0 Å². The van der Waals surface area contributed by atoms with Gasteiger partial charge in [-0.3, -0.25) is 4.79 Å². The fourth-order valence-electron chi connectivity index (χ4n) is 1.09. The van der Waals surface area contributed by atoms with Gasteiger partial charge in [-0.2, -0.15) is 0 Å². The predicted octanol–water partition coefficient (Wildman–Crippen LogP) is 3.10. The van der Waals surface area contributed by atoms with Crippen molar-refractivity contribution < 1.29 is 4.79 Å². The minimum atomic E-state index is 0.226. The molecule has 0 rings (SSSR count). The summed E-state index contributed by atoms with van der Waals surface area (Å²) in [5.74, 6) is 0.226. The van der Waals surface area contributed by atoms with Crippen LogP contribution < -0.4 is 0 Å². The van der Waals surface area contributed by atoms with Gasteiger partial charge >= 0.3 is 0 Å². The van der Waals surface area contributed by atoms with Gasteiger partial charge in [0.2, 0.25) is 0 Å². The van der Waals surface area contributed by atoms with Gasteiger partial charge in [0, 0.05) is 0 Å². The fraction of sp³-hybridized carbons (Fsp3) is 0.700. The Morgan fingerprint density at radius 2 is 2.00 bits per heavy atom. The van der Waals surface area contributed by atoms with Gasteiger partial charge in [-0.25, -0.2) is 0 Å². The van der Waals surface area contributed by atoms with Crippen molar-refractivity contribution in [2.75, 3.05) is 0 Å². The minimum Gasteiger partial charge on any atom is -0.295 e. The number of carbonyl (C=O) groups excluding carboxylic acids is 1. The van der Waals surface area contributed by atoms with Crippen LogP contribution in [0.3, 0.4) is 0 Å². The van der Waals surface area contributed by atoms with Gasteiger partial charge < -0.3 is 0 Å². The van der Waals surface area contributed by atoms with E-state index in [0.29, 0.717) is 0 Å². The topological polar surface area (TPSA) is 17.1 Å². The van der Waals surface area contributed by atoms with Crippen molar-refractivity contribution in [1.82, 2.24) is 0 Å². The van der Waals surface area contributed by atoms with Crippen molar-refractivity contribution in [1.29, 1.82) is 0 Å². The number of Topliss-reactive ketones (excluding diaryl/α,β-unsaturated/α-hetero) is 1. The second kappa shape index (κ2) is 6.14. The van der Waals surface area contributed by atoms with E-state index >= 15 is 0 Å². The van der Waals surface area contributed by atoms with Gasteiger partial charge in [0.15, 0.2) is 5.78 Å². The lowest BCUT2D eigenvalue weighted by Gasteiger charge is -2.00. The average molecular weight is 154 g/mol. The Kier molecular flexibility index (Phi) is 5.81. The quantitative estimate of drug-likeness (QED) is 0.439. The largest absolute Gasteiger partial charge is 0.295 e. The predicted molar refractivity (Wildman–Crippen MR) is 48.6 cm³/mol. The van der Waals surface area contributed by atoms with Crippen LogP contribution in [0.2, 0.25) is 0 Å². The van der Waals surface area contributed by atoms with E-state index in [1.54, 1.807) is 6.92 Å². The maximum Gasteiger partial charge on any atom is 0.155 e. The average Bonchev–Trinajstić information content (AvgIpc) is 1.97. The summed E-state index contributed by atoms with van der Waals surface area (Å²) in [6.45, 7) is 5.74. The van der Waals surface area contributed by atoms with E-state index in [2.05, 4.69) is 6.92 Å². The smallest absolute Gasteiger partial charge is 0.155 e. The summed E-state index contributed by atoms with van der Waals surface area (Å²) in [5, 5.41) is 0. The summed E-state index contributed by atoms with van der Waals surface area (Å²) in [5.41, 5.74) is 0.985. The first-order chi connectivity index (χ1) is 5.22.